The first kappa shape index (κ1) is 16.0. The quantitative estimate of drug-likeness (QED) is 0.884. The molecule has 0 saturated carbocycles. The molecular weight excluding hydrogens is 310 g/mol. The van der Waals surface area contributed by atoms with E-state index in [-0.39, 0.29) is 18.2 Å². The van der Waals surface area contributed by atoms with Crippen LogP contribution in [0.15, 0.2) is 40.1 Å². The molecule has 1 atom stereocenters. The Morgan fingerprint density at radius 1 is 1.33 bits per heavy atom. The van der Waals surface area contributed by atoms with Gasteiger partial charge in [-0.25, -0.2) is 4.79 Å². The number of ether oxygens (including phenoxy) is 2. The Kier molecular flexibility index (Phi) is 4.77. The normalized spacial score (nSPS) is 16.7. The molecular formula is C17H17N3O4. The second kappa shape index (κ2) is 7.15. The van der Waals surface area contributed by atoms with Crippen LogP contribution in [0.2, 0.25) is 0 Å². The van der Waals surface area contributed by atoms with Gasteiger partial charge < -0.3 is 9.47 Å². The van der Waals surface area contributed by atoms with E-state index in [4.69, 9.17) is 14.7 Å². The van der Waals surface area contributed by atoms with Crippen molar-refractivity contribution in [2.45, 2.75) is 25.5 Å². The average molecular weight is 327 g/mol. The molecule has 0 amide bonds. The molecule has 7 nitrogen and oxygen atoms in total. The zero-order valence-corrected chi connectivity index (χ0v) is 13.0. The minimum atomic E-state index is -0.670. The fourth-order valence-electron chi connectivity index (χ4n) is 2.56. The molecule has 0 spiro atoms. The van der Waals surface area contributed by atoms with Gasteiger partial charge in [0.1, 0.15) is 24.0 Å². The number of H-pyrrole nitrogens is 1. The van der Waals surface area contributed by atoms with Gasteiger partial charge in [0.2, 0.25) is 0 Å². The summed E-state index contributed by atoms with van der Waals surface area (Å²) >= 11 is 0. The lowest BCUT2D eigenvalue weighted by molar-refractivity contribution is 0.0679. The summed E-state index contributed by atoms with van der Waals surface area (Å²) in [6.45, 7) is 1.59. The van der Waals surface area contributed by atoms with Crippen molar-refractivity contribution in [3.8, 4) is 11.8 Å². The molecule has 1 aliphatic rings. The number of nitrogens with one attached hydrogen (secondary N) is 1. The summed E-state index contributed by atoms with van der Waals surface area (Å²) < 4.78 is 12.5. The van der Waals surface area contributed by atoms with Crippen molar-refractivity contribution in [2.24, 2.45) is 0 Å². The van der Waals surface area contributed by atoms with Crippen LogP contribution in [0.1, 0.15) is 24.0 Å². The molecule has 2 heterocycles. The van der Waals surface area contributed by atoms with Gasteiger partial charge in [-0.2, -0.15) is 5.26 Å². The second-order valence-corrected chi connectivity index (χ2v) is 5.63. The Labute approximate surface area is 138 Å². The molecule has 3 rings (SSSR count). The molecule has 1 saturated heterocycles. The van der Waals surface area contributed by atoms with Crippen LogP contribution in [0.5, 0.6) is 5.75 Å². The van der Waals surface area contributed by atoms with Crippen molar-refractivity contribution in [1.29, 1.82) is 5.26 Å². The maximum absolute atomic E-state index is 11.8. The Hall–Kier alpha value is -2.85. The van der Waals surface area contributed by atoms with Gasteiger partial charge in [0, 0.05) is 12.8 Å². The lowest BCUT2D eigenvalue weighted by Gasteiger charge is -2.12. The molecule has 2 aromatic rings. The van der Waals surface area contributed by atoms with Crippen LogP contribution in [-0.2, 0) is 11.3 Å². The van der Waals surface area contributed by atoms with E-state index < -0.39 is 11.2 Å². The first-order chi connectivity index (χ1) is 11.7. The zero-order chi connectivity index (χ0) is 16.9. The van der Waals surface area contributed by atoms with Gasteiger partial charge in [0.25, 0.3) is 5.56 Å². The Morgan fingerprint density at radius 3 is 2.79 bits per heavy atom. The van der Waals surface area contributed by atoms with Gasteiger partial charge in [-0.05, 0) is 30.5 Å². The fourth-order valence-corrected chi connectivity index (χ4v) is 2.56. The second-order valence-electron chi connectivity index (χ2n) is 5.63. The van der Waals surface area contributed by atoms with Crippen LogP contribution in [0.25, 0.3) is 0 Å². The van der Waals surface area contributed by atoms with Crippen LogP contribution < -0.4 is 16.0 Å². The number of hydrogen-bond donors (Lipinski definition) is 1. The van der Waals surface area contributed by atoms with Crippen molar-refractivity contribution >= 4 is 0 Å². The SMILES string of the molecule is N#Cc1cn(Cc2ccc(OC[C@H]3CCCO3)cc2)c(=O)[nH]c1=O. The third-order valence-corrected chi connectivity index (χ3v) is 3.87. The topological polar surface area (TPSA) is 97.1 Å². The minimum Gasteiger partial charge on any atom is -0.491 e. The van der Waals surface area contributed by atoms with Crippen molar-refractivity contribution < 1.29 is 9.47 Å². The number of aromatic nitrogens is 2. The molecule has 0 bridgehead atoms. The summed E-state index contributed by atoms with van der Waals surface area (Å²) in [5.74, 6) is 0.737. The van der Waals surface area contributed by atoms with E-state index >= 15 is 0 Å². The number of benzene rings is 1. The van der Waals surface area contributed by atoms with Gasteiger partial charge in [0.15, 0.2) is 0 Å². The van der Waals surface area contributed by atoms with Crippen LogP contribution in [0.4, 0.5) is 0 Å². The van der Waals surface area contributed by atoms with Gasteiger partial charge >= 0.3 is 5.69 Å². The summed E-state index contributed by atoms with van der Waals surface area (Å²) in [6, 6.07) is 9.10. The van der Waals surface area contributed by atoms with Crippen LogP contribution in [-0.4, -0.2) is 28.9 Å². The van der Waals surface area contributed by atoms with Crippen molar-refractivity contribution in [2.75, 3.05) is 13.2 Å². The predicted octanol–water partition coefficient (Wildman–Crippen LogP) is 1.01. The number of nitrogens with zero attached hydrogens (tertiary/aromatic N) is 2. The average Bonchev–Trinajstić information content (AvgIpc) is 3.10. The molecule has 124 valence electrons. The number of hydrogen-bond acceptors (Lipinski definition) is 5. The number of nitriles is 1. The molecule has 0 unspecified atom stereocenters. The lowest BCUT2D eigenvalue weighted by atomic mass is 10.2. The van der Waals surface area contributed by atoms with E-state index in [1.165, 1.54) is 10.8 Å². The predicted molar refractivity (Wildman–Crippen MR) is 86.1 cm³/mol. The minimum absolute atomic E-state index is 0.0916. The summed E-state index contributed by atoms with van der Waals surface area (Å²) in [6.07, 6.45) is 3.53. The van der Waals surface area contributed by atoms with E-state index in [1.54, 1.807) is 6.07 Å². The standard InChI is InChI=1S/C17H17N3O4/c18-8-13-10-20(17(22)19-16(13)21)9-12-3-5-14(6-4-12)24-11-15-2-1-7-23-15/h3-6,10,15H,1-2,7,9,11H2,(H,19,21,22)/t15-/m1/s1. The van der Waals surface area contributed by atoms with Crippen molar-refractivity contribution in [3.63, 3.8) is 0 Å². The fraction of sp³-hybridized carbons (Fsp3) is 0.353. The number of aromatic amines is 1. The van der Waals surface area contributed by atoms with Gasteiger partial charge in [-0.3, -0.25) is 14.3 Å². The Morgan fingerprint density at radius 2 is 2.12 bits per heavy atom. The van der Waals surface area contributed by atoms with Crippen LogP contribution >= 0.6 is 0 Å². The zero-order valence-electron chi connectivity index (χ0n) is 13.0. The molecule has 0 radical (unpaired) electrons. The summed E-state index contributed by atoms with van der Waals surface area (Å²) in [4.78, 5) is 25.3. The highest BCUT2D eigenvalue weighted by atomic mass is 16.5. The van der Waals surface area contributed by atoms with Gasteiger partial charge in [-0.1, -0.05) is 12.1 Å². The Bertz CT molecular complexity index is 855. The molecule has 1 aliphatic heterocycles. The third kappa shape index (κ3) is 3.73. The lowest BCUT2D eigenvalue weighted by Crippen LogP contribution is -2.31. The van der Waals surface area contributed by atoms with Gasteiger partial charge in [-0.15, -0.1) is 0 Å². The summed E-state index contributed by atoms with van der Waals surface area (Å²) in [7, 11) is 0. The first-order valence-corrected chi connectivity index (χ1v) is 7.73. The van der Waals surface area contributed by atoms with Gasteiger partial charge in [0.05, 0.1) is 12.6 Å². The molecule has 1 fully saturated rings. The van der Waals surface area contributed by atoms with Crippen molar-refractivity contribution in [3.05, 3.63) is 62.4 Å². The maximum Gasteiger partial charge on any atom is 0.328 e. The van der Waals surface area contributed by atoms with E-state index in [0.29, 0.717) is 6.61 Å². The van der Waals surface area contributed by atoms with Crippen LogP contribution in [0.3, 0.4) is 0 Å². The Balaban J connectivity index is 1.67. The largest absolute Gasteiger partial charge is 0.491 e. The van der Waals surface area contributed by atoms with E-state index in [1.807, 2.05) is 24.3 Å². The highest BCUT2D eigenvalue weighted by Gasteiger charge is 2.15. The van der Waals surface area contributed by atoms with Crippen molar-refractivity contribution in [1.82, 2.24) is 9.55 Å². The molecule has 1 aromatic heterocycles. The number of rotatable bonds is 5. The first-order valence-electron chi connectivity index (χ1n) is 7.73. The molecule has 1 N–H and O–H groups in total. The monoisotopic (exact) mass is 327 g/mol. The van der Waals surface area contributed by atoms with E-state index in [0.717, 1.165) is 30.8 Å². The highest BCUT2D eigenvalue weighted by Crippen LogP contribution is 2.16. The third-order valence-electron chi connectivity index (χ3n) is 3.87. The maximum atomic E-state index is 11.8. The molecule has 1 aromatic carbocycles. The van der Waals surface area contributed by atoms with Crippen LogP contribution in [0, 0.1) is 11.3 Å². The molecule has 0 aliphatic carbocycles. The van der Waals surface area contributed by atoms with E-state index in [9.17, 15) is 9.59 Å². The van der Waals surface area contributed by atoms with E-state index in [2.05, 4.69) is 4.98 Å². The summed E-state index contributed by atoms with van der Waals surface area (Å²) in [5.41, 5.74) is -0.446. The highest BCUT2D eigenvalue weighted by molar-refractivity contribution is 5.28. The molecule has 7 heteroatoms. The summed E-state index contributed by atoms with van der Waals surface area (Å²) in [5, 5.41) is 8.87. The molecule has 24 heavy (non-hydrogen) atoms. The smallest absolute Gasteiger partial charge is 0.328 e.